The van der Waals surface area contributed by atoms with Crippen LogP contribution in [0.4, 0.5) is 18.9 Å². The molecule has 33 heavy (non-hydrogen) atoms. The molecule has 0 bridgehead atoms. The number of ketones is 1. The van der Waals surface area contributed by atoms with Gasteiger partial charge in [0.15, 0.2) is 0 Å². The minimum absolute atomic E-state index is 0.0213. The number of H-pyrrole nitrogens is 1. The smallest absolute Gasteiger partial charge is 0.293 e. The second-order valence-corrected chi connectivity index (χ2v) is 8.15. The number of aromatic nitrogens is 4. The van der Waals surface area contributed by atoms with Gasteiger partial charge in [-0.1, -0.05) is 11.6 Å². The molecule has 0 saturated heterocycles. The van der Waals surface area contributed by atoms with Crippen molar-refractivity contribution in [3.8, 4) is 0 Å². The van der Waals surface area contributed by atoms with E-state index in [9.17, 15) is 27.6 Å². The van der Waals surface area contributed by atoms with Crippen LogP contribution in [0.1, 0.15) is 39.4 Å². The molecule has 1 aliphatic rings. The lowest BCUT2D eigenvalue weighted by Gasteiger charge is -2.46. The molecule has 2 heterocycles. The zero-order valence-electron chi connectivity index (χ0n) is 17.0. The summed E-state index contributed by atoms with van der Waals surface area (Å²) in [6.07, 6.45) is 1.00. The Labute approximate surface area is 189 Å². The standard InChI is InChI=1S/C20H16ClF3N6O3/c1-30-7-10(4-14(30)17(32)26-11-2-3-13(22)12(21)5-11)16(31)18(33)27-19(8-20(23,24)9-19)15-6-25-29-28-15/h2-7H,8-9H2,1H3,(H,26,32)(H,27,33)(H,25,28,29). The Kier molecular flexibility index (Phi) is 5.48. The first-order valence-electron chi connectivity index (χ1n) is 9.53. The Morgan fingerprint density at radius 1 is 1.21 bits per heavy atom. The molecule has 4 rings (SSSR count). The molecule has 2 amide bonds. The summed E-state index contributed by atoms with van der Waals surface area (Å²) in [5, 5.41) is 14.3. The van der Waals surface area contributed by atoms with Gasteiger partial charge in [-0.3, -0.25) is 14.4 Å². The SMILES string of the molecule is Cn1cc(C(=O)C(=O)NC2(c3cn[nH]n3)CC(F)(F)C2)cc1C(=O)Nc1ccc(F)c(Cl)c1. The molecule has 9 nitrogen and oxygen atoms in total. The topological polar surface area (TPSA) is 122 Å². The molecule has 1 aliphatic carbocycles. The summed E-state index contributed by atoms with van der Waals surface area (Å²) < 4.78 is 41.8. The number of carbonyl (C=O) groups excluding carboxylic acids is 3. The zero-order chi connectivity index (χ0) is 24.0. The average Bonchev–Trinajstić information content (AvgIpc) is 3.38. The second kappa shape index (κ2) is 8.03. The Balaban J connectivity index is 1.50. The number of hydrogen-bond acceptors (Lipinski definition) is 5. The largest absolute Gasteiger partial charge is 0.346 e. The van der Waals surface area contributed by atoms with Crippen LogP contribution in [0.3, 0.4) is 0 Å². The molecule has 3 aromatic rings. The quantitative estimate of drug-likeness (QED) is 0.370. The van der Waals surface area contributed by atoms with Gasteiger partial charge in [-0.05, 0) is 24.3 Å². The van der Waals surface area contributed by atoms with E-state index >= 15 is 0 Å². The van der Waals surface area contributed by atoms with Crippen LogP contribution in [0, 0.1) is 5.82 Å². The van der Waals surface area contributed by atoms with E-state index < -0.39 is 47.7 Å². The third-order valence-corrected chi connectivity index (χ3v) is 5.55. The summed E-state index contributed by atoms with van der Waals surface area (Å²) in [5.74, 6) is -6.46. The van der Waals surface area contributed by atoms with E-state index in [4.69, 9.17) is 11.6 Å². The molecular weight excluding hydrogens is 465 g/mol. The van der Waals surface area contributed by atoms with Crippen molar-refractivity contribution in [2.75, 3.05) is 5.32 Å². The molecular formula is C20H16ClF3N6O3. The molecule has 0 aliphatic heterocycles. The number of Topliss-reactive ketones (excluding diaryl/α,β-unsaturated/α-hetero) is 1. The first-order chi connectivity index (χ1) is 15.5. The Hall–Kier alpha value is -3.67. The van der Waals surface area contributed by atoms with Crippen molar-refractivity contribution >= 4 is 34.9 Å². The number of nitrogens with one attached hydrogen (secondary N) is 3. The highest BCUT2D eigenvalue weighted by molar-refractivity contribution is 6.43. The summed E-state index contributed by atoms with van der Waals surface area (Å²) >= 11 is 5.70. The molecule has 1 fully saturated rings. The van der Waals surface area contributed by atoms with Crippen molar-refractivity contribution < 1.29 is 27.6 Å². The van der Waals surface area contributed by atoms with Gasteiger partial charge in [0.2, 0.25) is 0 Å². The average molecular weight is 481 g/mol. The zero-order valence-corrected chi connectivity index (χ0v) is 17.7. The third-order valence-electron chi connectivity index (χ3n) is 5.26. The number of rotatable bonds is 6. The van der Waals surface area contributed by atoms with E-state index in [0.29, 0.717) is 0 Å². The number of alkyl halides is 2. The number of aryl methyl sites for hydroxylation is 1. The van der Waals surface area contributed by atoms with Crippen molar-refractivity contribution in [3.05, 3.63) is 64.5 Å². The fraction of sp³-hybridized carbons (Fsp3) is 0.250. The van der Waals surface area contributed by atoms with Crippen LogP contribution >= 0.6 is 11.6 Å². The van der Waals surface area contributed by atoms with Gasteiger partial charge < -0.3 is 15.2 Å². The fourth-order valence-electron chi connectivity index (χ4n) is 3.69. The molecule has 0 spiro atoms. The van der Waals surface area contributed by atoms with Gasteiger partial charge in [0, 0.05) is 37.3 Å². The van der Waals surface area contributed by atoms with Crippen LogP contribution in [-0.2, 0) is 17.4 Å². The van der Waals surface area contributed by atoms with Gasteiger partial charge in [0.05, 0.1) is 16.8 Å². The van der Waals surface area contributed by atoms with E-state index in [1.807, 2.05) is 0 Å². The molecule has 1 saturated carbocycles. The minimum atomic E-state index is -3.02. The van der Waals surface area contributed by atoms with Gasteiger partial charge in [-0.2, -0.15) is 15.4 Å². The summed E-state index contributed by atoms with van der Waals surface area (Å²) in [6, 6.07) is 4.78. The fourth-order valence-corrected chi connectivity index (χ4v) is 3.87. The van der Waals surface area contributed by atoms with Gasteiger partial charge in [0.1, 0.15) is 17.2 Å². The maximum absolute atomic E-state index is 13.6. The number of aromatic amines is 1. The van der Waals surface area contributed by atoms with Crippen molar-refractivity contribution in [1.82, 2.24) is 25.3 Å². The van der Waals surface area contributed by atoms with Crippen LogP contribution < -0.4 is 10.6 Å². The number of amides is 2. The maximum Gasteiger partial charge on any atom is 0.293 e. The van der Waals surface area contributed by atoms with E-state index in [0.717, 1.165) is 6.07 Å². The first kappa shape index (κ1) is 22.5. The Morgan fingerprint density at radius 2 is 1.94 bits per heavy atom. The Bertz CT molecular complexity index is 1250. The van der Waals surface area contributed by atoms with Crippen molar-refractivity contribution in [2.45, 2.75) is 24.3 Å². The van der Waals surface area contributed by atoms with Crippen molar-refractivity contribution in [3.63, 3.8) is 0 Å². The van der Waals surface area contributed by atoms with Crippen LogP contribution in [0.2, 0.25) is 5.02 Å². The summed E-state index contributed by atoms with van der Waals surface area (Å²) in [4.78, 5) is 37.8. The normalized spacial score (nSPS) is 16.0. The third kappa shape index (κ3) is 4.33. The lowest BCUT2D eigenvalue weighted by molar-refractivity contribution is -0.148. The summed E-state index contributed by atoms with van der Waals surface area (Å²) in [6.45, 7) is 0. The number of benzene rings is 1. The minimum Gasteiger partial charge on any atom is -0.346 e. The van der Waals surface area contributed by atoms with E-state index in [1.165, 1.54) is 42.2 Å². The molecule has 0 radical (unpaired) electrons. The van der Waals surface area contributed by atoms with Gasteiger partial charge >= 0.3 is 0 Å². The highest BCUT2D eigenvalue weighted by atomic mass is 35.5. The monoisotopic (exact) mass is 480 g/mol. The van der Waals surface area contributed by atoms with Crippen molar-refractivity contribution in [1.29, 1.82) is 0 Å². The lowest BCUT2D eigenvalue weighted by atomic mass is 9.71. The molecule has 2 aromatic heterocycles. The lowest BCUT2D eigenvalue weighted by Crippen LogP contribution is -2.61. The number of carbonyl (C=O) groups is 3. The maximum atomic E-state index is 13.6. The van der Waals surface area contributed by atoms with Crippen LogP contribution in [-0.4, -0.2) is 43.5 Å². The van der Waals surface area contributed by atoms with Crippen molar-refractivity contribution in [2.24, 2.45) is 7.05 Å². The molecule has 0 atom stereocenters. The van der Waals surface area contributed by atoms with Crippen LogP contribution in [0.15, 0.2) is 36.7 Å². The number of nitrogens with zero attached hydrogens (tertiary/aromatic N) is 3. The highest BCUT2D eigenvalue weighted by Crippen LogP contribution is 2.50. The van der Waals surface area contributed by atoms with E-state index in [2.05, 4.69) is 26.0 Å². The predicted octanol–water partition coefficient (Wildman–Crippen LogP) is 2.81. The van der Waals surface area contributed by atoms with Gasteiger partial charge in [-0.25, -0.2) is 13.2 Å². The van der Waals surface area contributed by atoms with Crippen LogP contribution in [0.25, 0.3) is 0 Å². The second-order valence-electron chi connectivity index (χ2n) is 7.74. The van der Waals surface area contributed by atoms with E-state index in [1.54, 1.807) is 0 Å². The van der Waals surface area contributed by atoms with Gasteiger partial charge in [0.25, 0.3) is 23.5 Å². The number of halogens is 4. The van der Waals surface area contributed by atoms with Gasteiger partial charge in [-0.15, -0.1) is 0 Å². The van der Waals surface area contributed by atoms with Crippen LogP contribution in [0.5, 0.6) is 0 Å². The number of hydrogen-bond donors (Lipinski definition) is 3. The highest BCUT2D eigenvalue weighted by Gasteiger charge is 2.60. The molecule has 0 unspecified atom stereocenters. The molecule has 13 heteroatoms. The molecule has 3 N–H and O–H groups in total. The van der Waals surface area contributed by atoms with E-state index in [-0.39, 0.29) is 27.7 Å². The summed E-state index contributed by atoms with van der Waals surface area (Å²) in [5.41, 5.74) is -1.33. The first-order valence-corrected chi connectivity index (χ1v) is 9.91. The molecule has 172 valence electrons. The predicted molar refractivity (Wildman–Crippen MR) is 109 cm³/mol. The molecule has 1 aromatic carbocycles. The summed E-state index contributed by atoms with van der Waals surface area (Å²) in [7, 11) is 1.48. The number of anilines is 1. The Morgan fingerprint density at radius 3 is 2.55 bits per heavy atom.